The highest BCUT2D eigenvalue weighted by Crippen LogP contribution is 2.36. The minimum Gasteiger partial charge on any atom is -0.0922 e. The molecule has 11 heavy (non-hydrogen) atoms. The predicted molar refractivity (Wildman–Crippen MR) is 56.3 cm³/mol. The van der Waals surface area contributed by atoms with Crippen LogP contribution in [0.5, 0.6) is 0 Å². The summed E-state index contributed by atoms with van der Waals surface area (Å²) in [5.41, 5.74) is 0.249. The molecule has 1 unspecified atom stereocenters. The molecule has 0 amide bonds. The highest BCUT2D eigenvalue weighted by molar-refractivity contribution is 9.09. The Morgan fingerprint density at radius 1 is 1.64 bits per heavy atom. The van der Waals surface area contributed by atoms with Gasteiger partial charge in [0, 0.05) is 10.4 Å². The third kappa shape index (κ3) is 3.62. The van der Waals surface area contributed by atoms with E-state index < -0.39 is 0 Å². The molecule has 0 nitrogen and oxygen atoms in total. The molecule has 66 valence electrons. The molecule has 0 aromatic heterocycles. The van der Waals surface area contributed by atoms with Gasteiger partial charge in [-0.3, -0.25) is 0 Å². The van der Waals surface area contributed by atoms with E-state index in [4.69, 9.17) is 11.6 Å². The number of hydrogen-bond donors (Lipinski definition) is 0. The Morgan fingerprint density at radius 3 is 2.18 bits per heavy atom. The average molecular weight is 240 g/mol. The van der Waals surface area contributed by atoms with Crippen LogP contribution in [0.25, 0.3) is 0 Å². The van der Waals surface area contributed by atoms with Crippen LogP contribution in [-0.4, -0.2) is 5.33 Å². The average Bonchev–Trinajstić information content (AvgIpc) is 1.86. The summed E-state index contributed by atoms with van der Waals surface area (Å²) >= 11 is 9.27. The standard InChI is InChI=1S/C9H16BrCl/c1-7(2)9(4,6-10)5-8(3)11/h7H,3,5-6H2,1-2,4H3. The normalized spacial score (nSPS) is 16.5. The summed E-state index contributed by atoms with van der Waals surface area (Å²) in [6.07, 6.45) is 0.886. The lowest BCUT2D eigenvalue weighted by Crippen LogP contribution is -2.25. The number of alkyl halides is 1. The molecule has 0 aliphatic rings. The first-order chi connectivity index (χ1) is 4.92. The van der Waals surface area contributed by atoms with Crippen molar-refractivity contribution < 1.29 is 0 Å². The Morgan fingerprint density at radius 2 is 2.09 bits per heavy atom. The highest BCUT2D eigenvalue weighted by Gasteiger charge is 2.27. The Balaban J connectivity index is 4.22. The van der Waals surface area contributed by atoms with Crippen molar-refractivity contribution in [1.29, 1.82) is 0 Å². The van der Waals surface area contributed by atoms with Crippen LogP contribution in [0.4, 0.5) is 0 Å². The van der Waals surface area contributed by atoms with Crippen molar-refractivity contribution in [2.75, 3.05) is 5.33 Å². The lowest BCUT2D eigenvalue weighted by molar-refractivity contribution is 0.261. The van der Waals surface area contributed by atoms with E-state index in [0.717, 1.165) is 16.8 Å². The van der Waals surface area contributed by atoms with Gasteiger partial charge in [-0.1, -0.05) is 54.9 Å². The molecule has 2 heteroatoms. The lowest BCUT2D eigenvalue weighted by atomic mass is 9.78. The van der Waals surface area contributed by atoms with Gasteiger partial charge in [-0.15, -0.1) is 0 Å². The fourth-order valence-corrected chi connectivity index (χ4v) is 1.99. The van der Waals surface area contributed by atoms with E-state index in [1.54, 1.807) is 0 Å². The van der Waals surface area contributed by atoms with Gasteiger partial charge in [0.25, 0.3) is 0 Å². The minimum atomic E-state index is 0.249. The fourth-order valence-electron chi connectivity index (χ4n) is 0.844. The third-order valence-electron chi connectivity index (χ3n) is 2.29. The first-order valence-corrected chi connectivity index (χ1v) is 5.31. The Hall–Kier alpha value is 0.510. The summed E-state index contributed by atoms with van der Waals surface area (Å²) in [7, 11) is 0. The molecule has 0 aliphatic carbocycles. The molecule has 0 saturated heterocycles. The molecule has 0 rings (SSSR count). The summed E-state index contributed by atoms with van der Waals surface area (Å²) < 4.78 is 0. The Kier molecular flexibility index (Phi) is 4.72. The van der Waals surface area contributed by atoms with Crippen LogP contribution in [-0.2, 0) is 0 Å². The molecule has 0 bridgehead atoms. The minimum absolute atomic E-state index is 0.249. The van der Waals surface area contributed by atoms with Crippen molar-refractivity contribution in [2.45, 2.75) is 27.2 Å². The van der Waals surface area contributed by atoms with Crippen LogP contribution >= 0.6 is 27.5 Å². The van der Waals surface area contributed by atoms with Crippen molar-refractivity contribution in [1.82, 2.24) is 0 Å². The zero-order chi connectivity index (χ0) is 9.07. The van der Waals surface area contributed by atoms with E-state index in [9.17, 15) is 0 Å². The van der Waals surface area contributed by atoms with Gasteiger partial charge in [-0.2, -0.15) is 0 Å². The number of rotatable bonds is 4. The Labute approximate surface area is 83.1 Å². The van der Waals surface area contributed by atoms with Crippen LogP contribution < -0.4 is 0 Å². The maximum atomic E-state index is 5.77. The van der Waals surface area contributed by atoms with E-state index in [-0.39, 0.29) is 5.41 Å². The molecule has 0 heterocycles. The smallest absolute Gasteiger partial charge is 0.0115 e. The van der Waals surface area contributed by atoms with Gasteiger partial charge in [0.1, 0.15) is 0 Å². The summed E-state index contributed by atoms with van der Waals surface area (Å²) in [6.45, 7) is 10.4. The van der Waals surface area contributed by atoms with Gasteiger partial charge in [0.2, 0.25) is 0 Å². The van der Waals surface area contributed by atoms with Gasteiger partial charge in [-0.25, -0.2) is 0 Å². The summed E-state index contributed by atoms with van der Waals surface area (Å²) in [5, 5.41) is 1.73. The molecule has 0 radical (unpaired) electrons. The number of allylic oxidation sites excluding steroid dienone is 1. The lowest BCUT2D eigenvalue weighted by Gasteiger charge is -2.31. The van der Waals surface area contributed by atoms with Crippen molar-refractivity contribution >= 4 is 27.5 Å². The van der Waals surface area contributed by atoms with E-state index in [1.165, 1.54) is 0 Å². The van der Waals surface area contributed by atoms with Crippen LogP contribution in [0.1, 0.15) is 27.2 Å². The van der Waals surface area contributed by atoms with E-state index in [0.29, 0.717) is 5.92 Å². The fraction of sp³-hybridized carbons (Fsp3) is 0.778. The second-order valence-electron chi connectivity index (χ2n) is 3.64. The molecule has 0 aliphatic heterocycles. The van der Waals surface area contributed by atoms with Crippen molar-refractivity contribution in [3.63, 3.8) is 0 Å². The highest BCUT2D eigenvalue weighted by atomic mass is 79.9. The zero-order valence-corrected chi connectivity index (χ0v) is 9.80. The molecular weight excluding hydrogens is 223 g/mol. The van der Waals surface area contributed by atoms with E-state index in [2.05, 4.69) is 43.3 Å². The van der Waals surface area contributed by atoms with Gasteiger partial charge >= 0.3 is 0 Å². The second kappa shape index (κ2) is 4.51. The molecule has 0 aromatic rings. The van der Waals surface area contributed by atoms with E-state index >= 15 is 0 Å². The topological polar surface area (TPSA) is 0 Å². The number of hydrogen-bond acceptors (Lipinski definition) is 0. The SMILES string of the molecule is C=C(Cl)CC(C)(CBr)C(C)C. The van der Waals surface area contributed by atoms with Crippen LogP contribution in [0.2, 0.25) is 0 Å². The summed E-state index contributed by atoms with van der Waals surface area (Å²) in [5.74, 6) is 0.623. The van der Waals surface area contributed by atoms with Gasteiger partial charge in [0.05, 0.1) is 0 Å². The molecular formula is C9H16BrCl. The van der Waals surface area contributed by atoms with Crippen LogP contribution in [0, 0.1) is 11.3 Å². The molecule has 0 aromatic carbocycles. The largest absolute Gasteiger partial charge is 0.0922 e. The molecule has 1 atom stereocenters. The maximum Gasteiger partial charge on any atom is 0.0115 e. The summed E-state index contributed by atoms with van der Waals surface area (Å²) in [4.78, 5) is 0. The molecule has 0 N–H and O–H groups in total. The zero-order valence-electron chi connectivity index (χ0n) is 7.45. The Bertz CT molecular complexity index is 142. The number of halogens is 2. The second-order valence-corrected chi connectivity index (χ2v) is 4.73. The summed E-state index contributed by atoms with van der Waals surface area (Å²) in [6, 6.07) is 0. The van der Waals surface area contributed by atoms with E-state index in [1.807, 2.05) is 0 Å². The molecule has 0 saturated carbocycles. The van der Waals surface area contributed by atoms with Gasteiger partial charge in [0.15, 0.2) is 0 Å². The third-order valence-corrected chi connectivity index (χ3v) is 3.71. The van der Waals surface area contributed by atoms with Crippen molar-refractivity contribution in [3.05, 3.63) is 11.6 Å². The van der Waals surface area contributed by atoms with Crippen LogP contribution in [0.15, 0.2) is 11.6 Å². The monoisotopic (exact) mass is 238 g/mol. The molecule has 0 fully saturated rings. The maximum absolute atomic E-state index is 5.77. The van der Waals surface area contributed by atoms with Crippen LogP contribution in [0.3, 0.4) is 0 Å². The quantitative estimate of drug-likeness (QED) is 0.646. The van der Waals surface area contributed by atoms with Crippen molar-refractivity contribution in [3.8, 4) is 0 Å². The first-order valence-electron chi connectivity index (χ1n) is 3.81. The van der Waals surface area contributed by atoms with Gasteiger partial charge in [-0.05, 0) is 17.8 Å². The molecule has 0 spiro atoms. The van der Waals surface area contributed by atoms with Crippen molar-refractivity contribution in [2.24, 2.45) is 11.3 Å². The predicted octanol–water partition coefficient (Wildman–Crippen LogP) is 4.19. The first kappa shape index (κ1) is 11.5. The van der Waals surface area contributed by atoms with Gasteiger partial charge < -0.3 is 0 Å².